The molecule has 0 aliphatic rings. The molecule has 1 heterocycles. The van der Waals surface area contributed by atoms with Crippen molar-refractivity contribution in [2.45, 2.75) is 6.36 Å². The standard InChI is InChI=1S/C12H7F3N2O2/c13-12(14,15)19-10-3-1-8(2-4-10)11(18)9-5-16-7-17-6-9/h1-7H. The smallest absolute Gasteiger partial charge is 0.406 e. The van der Waals surface area contributed by atoms with E-state index in [1.807, 2.05) is 0 Å². The fourth-order valence-corrected chi connectivity index (χ4v) is 1.39. The van der Waals surface area contributed by atoms with Crippen LogP contribution >= 0.6 is 0 Å². The van der Waals surface area contributed by atoms with E-state index in [0.29, 0.717) is 0 Å². The summed E-state index contributed by atoms with van der Waals surface area (Å²) in [6.07, 6.45) is -0.819. The Morgan fingerprint density at radius 3 is 2.11 bits per heavy atom. The lowest BCUT2D eigenvalue weighted by atomic mass is 10.1. The van der Waals surface area contributed by atoms with E-state index in [1.54, 1.807) is 0 Å². The van der Waals surface area contributed by atoms with Gasteiger partial charge in [-0.1, -0.05) is 0 Å². The SMILES string of the molecule is O=C(c1ccc(OC(F)(F)F)cc1)c1cncnc1. The number of hydrogen-bond donors (Lipinski definition) is 0. The average Bonchev–Trinajstić information content (AvgIpc) is 2.38. The van der Waals surface area contributed by atoms with Gasteiger partial charge in [0.25, 0.3) is 0 Å². The molecule has 0 aliphatic heterocycles. The van der Waals surface area contributed by atoms with Gasteiger partial charge in [-0.05, 0) is 24.3 Å². The molecule has 0 bridgehead atoms. The first-order valence-electron chi connectivity index (χ1n) is 5.11. The van der Waals surface area contributed by atoms with Crippen LogP contribution in [0, 0.1) is 0 Å². The Bertz CT molecular complexity index is 568. The molecule has 0 radical (unpaired) electrons. The van der Waals surface area contributed by atoms with Gasteiger partial charge in [0.05, 0.1) is 5.56 Å². The van der Waals surface area contributed by atoms with Crippen molar-refractivity contribution >= 4 is 5.78 Å². The summed E-state index contributed by atoms with van der Waals surface area (Å²) in [6, 6.07) is 4.64. The number of alkyl halides is 3. The quantitative estimate of drug-likeness (QED) is 0.803. The Morgan fingerprint density at radius 1 is 1.00 bits per heavy atom. The Kier molecular flexibility index (Phi) is 3.46. The van der Waals surface area contributed by atoms with Crippen molar-refractivity contribution in [2.24, 2.45) is 0 Å². The average molecular weight is 268 g/mol. The van der Waals surface area contributed by atoms with E-state index in [9.17, 15) is 18.0 Å². The van der Waals surface area contributed by atoms with Crippen LogP contribution in [0.3, 0.4) is 0 Å². The second-order valence-corrected chi connectivity index (χ2v) is 3.53. The predicted octanol–water partition coefficient (Wildman–Crippen LogP) is 2.61. The number of nitrogens with zero attached hydrogens (tertiary/aromatic N) is 2. The second kappa shape index (κ2) is 5.05. The minimum absolute atomic E-state index is 0.226. The molecule has 19 heavy (non-hydrogen) atoms. The molecule has 98 valence electrons. The second-order valence-electron chi connectivity index (χ2n) is 3.53. The van der Waals surface area contributed by atoms with Crippen LogP contribution in [-0.2, 0) is 0 Å². The van der Waals surface area contributed by atoms with Crippen LogP contribution in [0.4, 0.5) is 13.2 Å². The van der Waals surface area contributed by atoms with Gasteiger partial charge in [0.2, 0.25) is 0 Å². The van der Waals surface area contributed by atoms with Crippen molar-refractivity contribution in [1.29, 1.82) is 0 Å². The highest BCUT2D eigenvalue weighted by molar-refractivity contribution is 6.08. The van der Waals surface area contributed by atoms with Crippen molar-refractivity contribution in [3.63, 3.8) is 0 Å². The van der Waals surface area contributed by atoms with Gasteiger partial charge in [0.15, 0.2) is 5.78 Å². The number of benzene rings is 1. The Hall–Kier alpha value is -2.44. The summed E-state index contributed by atoms with van der Waals surface area (Å²) in [4.78, 5) is 19.3. The van der Waals surface area contributed by atoms with Crippen LogP contribution in [0.25, 0.3) is 0 Å². The molecule has 2 aromatic rings. The third-order valence-corrected chi connectivity index (χ3v) is 2.17. The molecule has 0 fully saturated rings. The topological polar surface area (TPSA) is 52.1 Å². The fraction of sp³-hybridized carbons (Fsp3) is 0.0833. The van der Waals surface area contributed by atoms with Crippen molar-refractivity contribution in [3.05, 3.63) is 54.1 Å². The van der Waals surface area contributed by atoms with E-state index < -0.39 is 6.36 Å². The molecule has 0 saturated heterocycles. The minimum Gasteiger partial charge on any atom is -0.406 e. The zero-order valence-corrected chi connectivity index (χ0v) is 9.39. The molecule has 4 nitrogen and oxygen atoms in total. The highest BCUT2D eigenvalue weighted by Crippen LogP contribution is 2.23. The van der Waals surface area contributed by atoms with Crippen molar-refractivity contribution in [1.82, 2.24) is 9.97 Å². The number of ketones is 1. The van der Waals surface area contributed by atoms with E-state index in [4.69, 9.17) is 0 Å². The fourth-order valence-electron chi connectivity index (χ4n) is 1.39. The number of rotatable bonds is 3. The molecule has 1 aromatic heterocycles. The first-order chi connectivity index (χ1) is 8.96. The lowest BCUT2D eigenvalue weighted by Gasteiger charge is -2.08. The van der Waals surface area contributed by atoms with Crippen molar-refractivity contribution < 1.29 is 22.7 Å². The van der Waals surface area contributed by atoms with Crippen LogP contribution in [0.2, 0.25) is 0 Å². The molecule has 0 unspecified atom stereocenters. The van der Waals surface area contributed by atoms with Gasteiger partial charge in [-0.25, -0.2) is 9.97 Å². The van der Waals surface area contributed by atoms with Crippen LogP contribution in [0.1, 0.15) is 15.9 Å². The summed E-state index contributed by atoms with van der Waals surface area (Å²) in [6.45, 7) is 0. The number of carbonyl (C=O) groups is 1. The summed E-state index contributed by atoms with van der Waals surface area (Å²) < 4.78 is 39.6. The molecule has 0 amide bonds. The molecule has 0 N–H and O–H groups in total. The third-order valence-electron chi connectivity index (χ3n) is 2.17. The van der Waals surface area contributed by atoms with E-state index >= 15 is 0 Å². The lowest BCUT2D eigenvalue weighted by molar-refractivity contribution is -0.274. The number of carbonyl (C=O) groups excluding carboxylic acids is 1. The molecular formula is C12H7F3N2O2. The van der Waals surface area contributed by atoms with E-state index in [-0.39, 0.29) is 22.7 Å². The minimum atomic E-state index is -4.75. The van der Waals surface area contributed by atoms with Gasteiger partial charge in [0, 0.05) is 18.0 Å². The summed E-state index contributed by atoms with van der Waals surface area (Å²) >= 11 is 0. The highest BCUT2D eigenvalue weighted by atomic mass is 19.4. The summed E-state index contributed by atoms with van der Waals surface area (Å²) in [5.41, 5.74) is 0.483. The van der Waals surface area contributed by atoms with E-state index in [0.717, 1.165) is 12.1 Å². The van der Waals surface area contributed by atoms with Gasteiger partial charge in [-0.3, -0.25) is 4.79 Å². The van der Waals surface area contributed by atoms with Gasteiger partial charge >= 0.3 is 6.36 Å². The molecule has 0 saturated carbocycles. The lowest BCUT2D eigenvalue weighted by Crippen LogP contribution is -2.17. The molecule has 7 heteroatoms. The first kappa shape index (κ1) is 13.0. The maximum absolute atomic E-state index is 12.0. The summed E-state index contributed by atoms with van der Waals surface area (Å²) in [5, 5.41) is 0. The van der Waals surface area contributed by atoms with E-state index in [1.165, 1.54) is 30.9 Å². The van der Waals surface area contributed by atoms with Gasteiger partial charge < -0.3 is 4.74 Å². The maximum atomic E-state index is 12.0. The highest BCUT2D eigenvalue weighted by Gasteiger charge is 2.31. The third kappa shape index (κ3) is 3.51. The maximum Gasteiger partial charge on any atom is 0.573 e. The van der Waals surface area contributed by atoms with Gasteiger partial charge in [-0.2, -0.15) is 0 Å². The molecule has 2 rings (SSSR count). The van der Waals surface area contributed by atoms with Crippen LogP contribution in [0.5, 0.6) is 5.75 Å². The zero-order valence-electron chi connectivity index (χ0n) is 9.39. The van der Waals surface area contributed by atoms with Crippen LogP contribution < -0.4 is 4.74 Å². The Balaban J connectivity index is 2.17. The predicted molar refractivity (Wildman–Crippen MR) is 58.6 cm³/mol. The molecule has 0 atom stereocenters. The normalized spacial score (nSPS) is 11.1. The number of aromatic nitrogens is 2. The van der Waals surface area contributed by atoms with Gasteiger partial charge in [0.1, 0.15) is 12.1 Å². The van der Waals surface area contributed by atoms with Crippen LogP contribution in [-0.4, -0.2) is 22.1 Å². The number of halogens is 3. The first-order valence-corrected chi connectivity index (χ1v) is 5.11. The number of ether oxygens (including phenoxy) is 1. The van der Waals surface area contributed by atoms with Crippen molar-refractivity contribution in [3.8, 4) is 5.75 Å². The largest absolute Gasteiger partial charge is 0.573 e. The summed E-state index contributed by atoms with van der Waals surface area (Å²) in [5.74, 6) is -0.757. The Morgan fingerprint density at radius 2 is 1.58 bits per heavy atom. The monoisotopic (exact) mass is 268 g/mol. The molecule has 1 aromatic carbocycles. The molecular weight excluding hydrogens is 261 g/mol. The number of hydrogen-bond acceptors (Lipinski definition) is 4. The van der Waals surface area contributed by atoms with E-state index in [2.05, 4.69) is 14.7 Å². The van der Waals surface area contributed by atoms with Gasteiger partial charge in [-0.15, -0.1) is 13.2 Å². The molecule has 0 spiro atoms. The summed E-state index contributed by atoms with van der Waals surface area (Å²) in [7, 11) is 0. The van der Waals surface area contributed by atoms with Crippen molar-refractivity contribution in [2.75, 3.05) is 0 Å². The van der Waals surface area contributed by atoms with Crippen LogP contribution in [0.15, 0.2) is 43.0 Å². The Labute approximate surface area is 105 Å². The molecule has 0 aliphatic carbocycles. The zero-order chi connectivity index (χ0) is 13.9.